The van der Waals surface area contributed by atoms with Gasteiger partial charge in [0.15, 0.2) is 0 Å². The molecule has 0 unspecified atom stereocenters. The van der Waals surface area contributed by atoms with Crippen LogP contribution in [0.3, 0.4) is 0 Å². The summed E-state index contributed by atoms with van der Waals surface area (Å²) in [6.07, 6.45) is 0.167. The highest BCUT2D eigenvalue weighted by Gasteiger charge is 2.18. The van der Waals surface area contributed by atoms with Crippen LogP contribution in [0.2, 0.25) is 0 Å². The molecule has 1 aliphatic heterocycles. The van der Waals surface area contributed by atoms with Crippen molar-refractivity contribution in [3.63, 3.8) is 0 Å². The molecule has 3 heterocycles. The van der Waals surface area contributed by atoms with Crippen molar-refractivity contribution in [2.75, 3.05) is 20.8 Å². The van der Waals surface area contributed by atoms with Crippen molar-refractivity contribution in [3.05, 3.63) is 58.4 Å². The summed E-state index contributed by atoms with van der Waals surface area (Å²) in [6.45, 7) is 4.12. The molecule has 5 rings (SSSR count). The second-order valence-corrected chi connectivity index (χ2v) is 9.07. The Morgan fingerprint density at radius 1 is 1.15 bits per heavy atom. The van der Waals surface area contributed by atoms with Gasteiger partial charge in [0.25, 0.3) is 0 Å². The lowest BCUT2D eigenvalue weighted by Crippen LogP contribution is -2.16. The van der Waals surface area contributed by atoms with Gasteiger partial charge in [-0.25, -0.2) is 9.97 Å². The van der Waals surface area contributed by atoms with Crippen molar-refractivity contribution in [2.45, 2.75) is 33.1 Å². The van der Waals surface area contributed by atoms with Crippen molar-refractivity contribution in [2.24, 2.45) is 0 Å². The molecule has 0 amide bonds. The summed E-state index contributed by atoms with van der Waals surface area (Å²) >= 11 is 1.47. The summed E-state index contributed by atoms with van der Waals surface area (Å²) in [7, 11) is 3.22. The zero-order valence-electron chi connectivity index (χ0n) is 19.3. The van der Waals surface area contributed by atoms with E-state index in [1.165, 1.54) is 11.3 Å². The number of hydrogen-bond donors (Lipinski definition) is 0. The highest BCUT2D eigenvalue weighted by atomic mass is 32.1. The molecule has 0 aliphatic carbocycles. The summed E-state index contributed by atoms with van der Waals surface area (Å²) in [5.41, 5.74) is 4.54. The summed E-state index contributed by atoms with van der Waals surface area (Å²) < 4.78 is 24.0. The van der Waals surface area contributed by atoms with Crippen LogP contribution in [0, 0.1) is 6.92 Å². The molecular weight excluding hydrogens is 454 g/mol. The number of carbonyl (C=O) groups excluding carboxylic acids is 1. The number of ether oxygens (including phenoxy) is 4. The van der Waals surface area contributed by atoms with Crippen molar-refractivity contribution in [3.8, 4) is 22.1 Å². The minimum Gasteiger partial charge on any atom is -0.497 e. The van der Waals surface area contributed by atoms with Crippen LogP contribution in [0.4, 0.5) is 0 Å². The van der Waals surface area contributed by atoms with Gasteiger partial charge in [0.2, 0.25) is 0 Å². The Morgan fingerprint density at radius 2 is 2.03 bits per heavy atom. The van der Waals surface area contributed by atoms with Crippen LogP contribution in [0.1, 0.15) is 22.0 Å². The normalized spacial score (nSPS) is 13.0. The molecule has 0 N–H and O–H groups in total. The number of methoxy groups -OCH3 is 2. The van der Waals surface area contributed by atoms with Crippen molar-refractivity contribution in [1.29, 1.82) is 0 Å². The molecule has 9 heteroatoms. The van der Waals surface area contributed by atoms with Crippen LogP contribution < -0.4 is 9.47 Å². The van der Waals surface area contributed by atoms with E-state index in [1.54, 1.807) is 14.2 Å². The first-order valence-electron chi connectivity index (χ1n) is 11.0. The largest absolute Gasteiger partial charge is 0.497 e. The average Bonchev–Trinajstić information content (AvgIpc) is 3.41. The minimum absolute atomic E-state index is 0.167. The number of carbonyl (C=O) groups is 1. The van der Waals surface area contributed by atoms with Gasteiger partial charge in [-0.05, 0) is 36.8 Å². The molecule has 0 atom stereocenters. The Labute approximate surface area is 201 Å². The number of aryl methyl sites for hydroxylation is 1. The molecule has 8 nitrogen and oxygen atoms in total. The van der Waals surface area contributed by atoms with Crippen LogP contribution in [-0.4, -0.2) is 41.3 Å². The van der Waals surface area contributed by atoms with Gasteiger partial charge in [0.05, 0.1) is 49.5 Å². The smallest absolute Gasteiger partial charge is 0.311 e. The Balaban J connectivity index is 1.26. The molecule has 0 saturated carbocycles. The number of esters is 1. The first-order chi connectivity index (χ1) is 16.6. The van der Waals surface area contributed by atoms with Crippen LogP contribution in [0.5, 0.6) is 11.5 Å². The fourth-order valence-corrected chi connectivity index (χ4v) is 5.10. The first-order valence-corrected chi connectivity index (χ1v) is 11.8. The SMILES string of the molecule is COc1ccc(-c2nc(C)c(CC(=O)OCc3ccc4c(c3)nc3n4CCOC3)s2)c(OC)c1. The van der Waals surface area contributed by atoms with E-state index in [0.717, 1.165) is 50.1 Å². The number of rotatable bonds is 7. The fourth-order valence-electron chi connectivity index (χ4n) is 4.02. The Kier molecular flexibility index (Phi) is 6.21. The lowest BCUT2D eigenvalue weighted by atomic mass is 10.2. The zero-order valence-corrected chi connectivity index (χ0v) is 20.1. The molecule has 0 saturated heterocycles. The summed E-state index contributed by atoms with van der Waals surface area (Å²) in [4.78, 5) is 22.8. The molecule has 2 aromatic heterocycles. The van der Waals surface area contributed by atoms with Gasteiger partial charge in [0.1, 0.15) is 35.5 Å². The topological polar surface area (TPSA) is 84.7 Å². The van der Waals surface area contributed by atoms with Gasteiger partial charge in [-0.1, -0.05) is 6.07 Å². The second-order valence-electron chi connectivity index (χ2n) is 7.99. The molecule has 0 fully saturated rings. The molecule has 0 spiro atoms. The van der Waals surface area contributed by atoms with Gasteiger partial charge in [0, 0.05) is 17.5 Å². The predicted molar refractivity (Wildman–Crippen MR) is 128 cm³/mol. The van der Waals surface area contributed by atoms with Crippen LogP contribution in [-0.2, 0) is 40.4 Å². The molecule has 34 heavy (non-hydrogen) atoms. The van der Waals surface area contributed by atoms with Gasteiger partial charge >= 0.3 is 5.97 Å². The number of aromatic nitrogens is 3. The molecule has 2 aromatic carbocycles. The van der Waals surface area contributed by atoms with E-state index in [2.05, 4.69) is 14.5 Å². The molecule has 4 aromatic rings. The van der Waals surface area contributed by atoms with Crippen LogP contribution >= 0.6 is 11.3 Å². The van der Waals surface area contributed by atoms with Crippen molar-refractivity contribution in [1.82, 2.24) is 14.5 Å². The second kappa shape index (κ2) is 9.44. The Morgan fingerprint density at radius 3 is 2.85 bits per heavy atom. The maximum atomic E-state index is 12.6. The molecule has 1 aliphatic rings. The number of thiazole rings is 1. The van der Waals surface area contributed by atoms with E-state index in [0.29, 0.717) is 24.7 Å². The fraction of sp³-hybridized carbons (Fsp3) is 0.320. The van der Waals surface area contributed by atoms with Gasteiger partial charge in [-0.2, -0.15) is 0 Å². The minimum atomic E-state index is -0.294. The van der Waals surface area contributed by atoms with E-state index in [9.17, 15) is 4.79 Å². The number of nitrogens with zero attached hydrogens (tertiary/aromatic N) is 3. The highest BCUT2D eigenvalue weighted by molar-refractivity contribution is 7.15. The number of fused-ring (bicyclic) bond motifs is 3. The summed E-state index contributed by atoms with van der Waals surface area (Å²) in [6, 6.07) is 11.6. The summed E-state index contributed by atoms with van der Waals surface area (Å²) in [5.74, 6) is 2.02. The standard InChI is InChI=1S/C25H25N3O5S/c1-15-22(34-25(26-15)18-6-5-17(30-2)11-21(18)31-3)12-24(29)33-13-16-4-7-20-19(10-16)27-23-14-32-9-8-28(20)23/h4-7,10-11H,8-9,12-14H2,1-3H3. The molecule has 0 bridgehead atoms. The van der Waals surface area contributed by atoms with Gasteiger partial charge in [-0.3, -0.25) is 4.79 Å². The van der Waals surface area contributed by atoms with E-state index >= 15 is 0 Å². The lowest BCUT2D eigenvalue weighted by molar-refractivity contribution is -0.144. The highest BCUT2D eigenvalue weighted by Crippen LogP contribution is 2.37. The lowest BCUT2D eigenvalue weighted by Gasteiger charge is -2.14. The quantitative estimate of drug-likeness (QED) is 0.365. The number of benzene rings is 2. The van der Waals surface area contributed by atoms with E-state index < -0.39 is 0 Å². The number of imidazole rings is 1. The average molecular weight is 480 g/mol. The monoisotopic (exact) mass is 479 g/mol. The molecular formula is C25H25N3O5S. The molecule has 176 valence electrons. The van der Waals surface area contributed by atoms with Gasteiger partial charge < -0.3 is 23.5 Å². The third-order valence-corrected chi connectivity index (χ3v) is 7.01. The third kappa shape index (κ3) is 4.36. The van der Waals surface area contributed by atoms with Crippen LogP contribution in [0.25, 0.3) is 21.6 Å². The predicted octanol–water partition coefficient (Wildman–Crippen LogP) is 4.30. The third-order valence-electron chi connectivity index (χ3n) is 5.82. The van der Waals surface area contributed by atoms with E-state index in [1.807, 2.05) is 43.3 Å². The van der Waals surface area contributed by atoms with E-state index in [-0.39, 0.29) is 19.0 Å². The maximum Gasteiger partial charge on any atom is 0.311 e. The maximum absolute atomic E-state index is 12.6. The Bertz CT molecular complexity index is 1360. The Hall–Kier alpha value is -3.43. The van der Waals surface area contributed by atoms with Gasteiger partial charge in [-0.15, -0.1) is 11.3 Å². The van der Waals surface area contributed by atoms with E-state index in [4.69, 9.17) is 18.9 Å². The summed E-state index contributed by atoms with van der Waals surface area (Å²) in [5, 5.41) is 0.790. The van der Waals surface area contributed by atoms with Crippen LogP contribution in [0.15, 0.2) is 36.4 Å². The number of hydrogen-bond acceptors (Lipinski definition) is 8. The first kappa shape index (κ1) is 22.4. The molecule has 0 radical (unpaired) electrons. The van der Waals surface area contributed by atoms with Crippen molar-refractivity contribution >= 4 is 28.3 Å². The zero-order chi connectivity index (χ0) is 23.7. The van der Waals surface area contributed by atoms with Crippen molar-refractivity contribution < 1.29 is 23.7 Å².